The van der Waals surface area contributed by atoms with E-state index in [0.717, 1.165) is 11.4 Å². The normalized spacial score (nSPS) is 10.6. The van der Waals surface area contributed by atoms with Crippen LogP contribution >= 0.6 is 0 Å². The predicted octanol–water partition coefficient (Wildman–Crippen LogP) is 2.77. The summed E-state index contributed by atoms with van der Waals surface area (Å²) in [4.78, 5) is 15.0. The molecule has 0 saturated heterocycles. The fraction of sp³-hybridized carbons (Fsp3) is 0.357. The van der Waals surface area contributed by atoms with Crippen molar-refractivity contribution in [1.29, 1.82) is 0 Å². The fourth-order valence-corrected chi connectivity index (χ4v) is 2.30. The van der Waals surface area contributed by atoms with Crippen LogP contribution < -0.4 is 5.43 Å². The number of nitrogens with zero attached hydrogens (tertiary/aromatic N) is 3. The molecule has 0 spiro atoms. The van der Waals surface area contributed by atoms with Gasteiger partial charge in [0, 0.05) is 23.1 Å². The molecule has 2 aromatic rings. The van der Waals surface area contributed by atoms with Crippen molar-refractivity contribution in [2.24, 2.45) is 0 Å². The van der Waals surface area contributed by atoms with Crippen LogP contribution in [0.3, 0.4) is 0 Å². The molecule has 0 aliphatic carbocycles. The second-order valence-electron chi connectivity index (χ2n) is 4.91. The zero-order chi connectivity index (χ0) is 14.9. The van der Waals surface area contributed by atoms with E-state index in [9.17, 15) is 10.1 Å². The zero-order valence-corrected chi connectivity index (χ0v) is 12.1. The van der Waals surface area contributed by atoms with Gasteiger partial charge in [-0.25, -0.2) is 0 Å². The van der Waals surface area contributed by atoms with E-state index in [1.165, 1.54) is 0 Å². The molecule has 106 valence electrons. The van der Waals surface area contributed by atoms with Crippen LogP contribution in [0.4, 0.5) is 5.69 Å². The molecule has 0 aromatic carbocycles. The van der Waals surface area contributed by atoms with Gasteiger partial charge in [0.15, 0.2) is 0 Å². The standard InChI is InChI=1S/C14H18N4O2/c1-9-7-15-13(12(4)14(9)18(19)20)8-16-17-10(2)5-6-11(17)3/h5-7,16H,8H2,1-4H3. The SMILES string of the molecule is Cc1cnc(CNn2c(C)ccc2C)c(C)c1[N+](=O)[O-]. The van der Waals surface area contributed by atoms with Crippen molar-refractivity contribution in [1.82, 2.24) is 9.66 Å². The Labute approximate surface area is 117 Å². The van der Waals surface area contributed by atoms with Gasteiger partial charge in [-0.3, -0.25) is 19.8 Å². The Kier molecular flexibility index (Phi) is 3.74. The molecule has 0 bridgehead atoms. The molecule has 0 aliphatic heterocycles. The van der Waals surface area contributed by atoms with E-state index in [2.05, 4.69) is 10.4 Å². The molecule has 2 rings (SSSR count). The van der Waals surface area contributed by atoms with Gasteiger partial charge in [0.05, 0.1) is 22.7 Å². The molecule has 0 amide bonds. The largest absolute Gasteiger partial charge is 0.320 e. The first-order chi connectivity index (χ1) is 9.41. The highest BCUT2D eigenvalue weighted by atomic mass is 16.6. The maximum absolute atomic E-state index is 11.1. The van der Waals surface area contributed by atoms with Gasteiger partial charge in [0.2, 0.25) is 0 Å². The summed E-state index contributed by atoms with van der Waals surface area (Å²) in [6, 6.07) is 4.03. The van der Waals surface area contributed by atoms with Crippen molar-refractivity contribution in [2.75, 3.05) is 5.43 Å². The van der Waals surface area contributed by atoms with Crippen molar-refractivity contribution >= 4 is 5.69 Å². The van der Waals surface area contributed by atoms with Crippen LogP contribution in [0.5, 0.6) is 0 Å². The lowest BCUT2D eigenvalue weighted by Crippen LogP contribution is -2.18. The van der Waals surface area contributed by atoms with Crippen molar-refractivity contribution in [3.63, 3.8) is 0 Å². The van der Waals surface area contributed by atoms with Gasteiger partial charge in [0.1, 0.15) is 0 Å². The average molecular weight is 274 g/mol. The van der Waals surface area contributed by atoms with Crippen LogP contribution in [0.15, 0.2) is 18.3 Å². The Bertz CT molecular complexity index is 642. The van der Waals surface area contributed by atoms with E-state index in [1.807, 2.05) is 30.7 Å². The minimum absolute atomic E-state index is 0.151. The number of pyridine rings is 1. The van der Waals surface area contributed by atoms with Gasteiger partial charge in [-0.2, -0.15) is 0 Å². The first kappa shape index (κ1) is 14.0. The smallest absolute Gasteiger partial charge is 0.278 e. The first-order valence-electron chi connectivity index (χ1n) is 6.40. The minimum atomic E-state index is -0.345. The summed E-state index contributed by atoms with van der Waals surface area (Å²) in [6.45, 7) is 7.89. The molecule has 0 fully saturated rings. The molecule has 0 saturated carbocycles. The lowest BCUT2D eigenvalue weighted by Gasteiger charge is -2.14. The summed E-state index contributed by atoms with van der Waals surface area (Å²) in [5.41, 5.74) is 7.45. The molecule has 6 heteroatoms. The number of hydrogen-bond donors (Lipinski definition) is 1. The molecular weight excluding hydrogens is 256 g/mol. The van der Waals surface area contributed by atoms with Crippen LogP contribution in [0.25, 0.3) is 0 Å². The Hall–Kier alpha value is -2.37. The van der Waals surface area contributed by atoms with Crippen LogP contribution in [-0.2, 0) is 6.54 Å². The van der Waals surface area contributed by atoms with E-state index in [0.29, 0.717) is 23.4 Å². The summed E-state index contributed by atoms with van der Waals surface area (Å²) in [5, 5.41) is 11.1. The highest BCUT2D eigenvalue weighted by Crippen LogP contribution is 2.24. The van der Waals surface area contributed by atoms with Gasteiger partial charge < -0.3 is 5.43 Å². The van der Waals surface area contributed by atoms with Gasteiger partial charge >= 0.3 is 0 Å². The van der Waals surface area contributed by atoms with Crippen LogP contribution in [-0.4, -0.2) is 14.6 Å². The van der Waals surface area contributed by atoms with Gasteiger partial charge in [-0.1, -0.05) is 0 Å². The maximum Gasteiger partial charge on any atom is 0.278 e. The quantitative estimate of drug-likeness (QED) is 0.687. The highest BCUT2D eigenvalue weighted by molar-refractivity contribution is 5.47. The highest BCUT2D eigenvalue weighted by Gasteiger charge is 2.18. The number of hydrogen-bond acceptors (Lipinski definition) is 4. The van der Waals surface area contributed by atoms with E-state index >= 15 is 0 Å². The summed E-state index contributed by atoms with van der Waals surface area (Å²) in [5.74, 6) is 0. The zero-order valence-electron chi connectivity index (χ0n) is 12.1. The van der Waals surface area contributed by atoms with E-state index < -0.39 is 0 Å². The average Bonchev–Trinajstić information content (AvgIpc) is 2.68. The molecule has 1 N–H and O–H groups in total. The van der Waals surface area contributed by atoms with Crippen molar-refractivity contribution in [2.45, 2.75) is 34.2 Å². The van der Waals surface area contributed by atoms with Crippen molar-refractivity contribution < 1.29 is 4.92 Å². The second kappa shape index (κ2) is 5.32. The maximum atomic E-state index is 11.1. The number of nitrogens with one attached hydrogen (secondary N) is 1. The molecule has 0 atom stereocenters. The van der Waals surface area contributed by atoms with Crippen LogP contribution in [0.1, 0.15) is 28.2 Å². The van der Waals surface area contributed by atoms with Gasteiger partial charge in [0.25, 0.3) is 5.69 Å². The Morgan fingerprint density at radius 3 is 2.40 bits per heavy atom. The molecular formula is C14H18N4O2. The van der Waals surface area contributed by atoms with Gasteiger partial charge in [-0.15, -0.1) is 0 Å². The minimum Gasteiger partial charge on any atom is -0.320 e. The van der Waals surface area contributed by atoms with E-state index in [4.69, 9.17) is 0 Å². The van der Waals surface area contributed by atoms with Crippen LogP contribution in [0.2, 0.25) is 0 Å². The van der Waals surface area contributed by atoms with E-state index in [-0.39, 0.29) is 10.6 Å². The predicted molar refractivity (Wildman–Crippen MR) is 77.3 cm³/mol. The summed E-state index contributed by atoms with van der Waals surface area (Å²) < 4.78 is 1.95. The number of nitro groups is 1. The topological polar surface area (TPSA) is 73.0 Å². The lowest BCUT2D eigenvalue weighted by molar-refractivity contribution is -0.386. The van der Waals surface area contributed by atoms with E-state index in [1.54, 1.807) is 20.0 Å². The number of aromatic nitrogens is 2. The molecule has 0 radical (unpaired) electrons. The Morgan fingerprint density at radius 1 is 1.25 bits per heavy atom. The molecule has 2 aromatic heterocycles. The fourth-order valence-electron chi connectivity index (χ4n) is 2.30. The molecule has 20 heavy (non-hydrogen) atoms. The van der Waals surface area contributed by atoms with Crippen molar-refractivity contribution in [3.8, 4) is 0 Å². The van der Waals surface area contributed by atoms with Gasteiger partial charge in [-0.05, 0) is 39.8 Å². The second-order valence-corrected chi connectivity index (χ2v) is 4.91. The monoisotopic (exact) mass is 274 g/mol. The molecule has 2 heterocycles. The van der Waals surface area contributed by atoms with Crippen molar-refractivity contribution in [3.05, 3.63) is 56.7 Å². The molecule has 0 aliphatic rings. The summed E-state index contributed by atoms with van der Waals surface area (Å²) in [6.07, 6.45) is 1.55. The third-order valence-electron chi connectivity index (χ3n) is 3.43. The summed E-state index contributed by atoms with van der Waals surface area (Å²) >= 11 is 0. The third kappa shape index (κ3) is 2.49. The lowest BCUT2D eigenvalue weighted by atomic mass is 10.1. The Balaban J connectivity index is 2.27. The summed E-state index contributed by atoms with van der Waals surface area (Å²) in [7, 11) is 0. The third-order valence-corrected chi connectivity index (χ3v) is 3.43. The Morgan fingerprint density at radius 2 is 1.85 bits per heavy atom. The molecule has 6 nitrogen and oxygen atoms in total. The van der Waals surface area contributed by atoms with Crippen LogP contribution in [0, 0.1) is 37.8 Å². The first-order valence-corrected chi connectivity index (χ1v) is 6.40. The number of rotatable bonds is 4. The number of aryl methyl sites for hydroxylation is 3. The molecule has 0 unspecified atom stereocenters.